The molecule has 0 fully saturated rings. The zero-order valence-electron chi connectivity index (χ0n) is 8.23. The van der Waals surface area contributed by atoms with Crippen LogP contribution in [0, 0.1) is 0 Å². The Balaban J connectivity index is 2.46. The maximum Gasteiger partial charge on any atom is 0.383 e. The Labute approximate surface area is 82.6 Å². The van der Waals surface area contributed by atoms with Crippen molar-refractivity contribution in [1.82, 2.24) is 0 Å². The zero-order valence-corrected chi connectivity index (χ0v) is 8.23. The summed E-state index contributed by atoms with van der Waals surface area (Å²) in [5.74, 6) is 1.31. The number of methoxy groups -OCH3 is 1. The summed E-state index contributed by atoms with van der Waals surface area (Å²) in [6.07, 6.45) is 1.81. The van der Waals surface area contributed by atoms with Gasteiger partial charge in [-0.1, -0.05) is 18.2 Å². The molecule has 0 saturated heterocycles. The first kappa shape index (κ1) is 8.81. The van der Waals surface area contributed by atoms with Crippen molar-refractivity contribution >= 4 is 0 Å². The fourth-order valence-electron chi connectivity index (χ4n) is 1.35. The van der Waals surface area contributed by atoms with E-state index < -0.39 is 0 Å². The van der Waals surface area contributed by atoms with Gasteiger partial charge < -0.3 is 9.15 Å². The lowest BCUT2D eigenvalue weighted by Gasteiger charge is -1.90. The van der Waals surface area contributed by atoms with E-state index in [2.05, 4.69) is 0 Å². The summed E-state index contributed by atoms with van der Waals surface area (Å²) < 4.78 is 12.4. The van der Waals surface area contributed by atoms with Gasteiger partial charge in [-0.25, -0.2) is 0 Å². The summed E-state index contributed by atoms with van der Waals surface area (Å²) in [4.78, 5) is 0. The highest BCUT2D eigenvalue weighted by molar-refractivity contribution is 5.49. The van der Waals surface area contributed by atoms with Gasteiger partial charge in [-0.3, -0.25) is 0 Å². The number of ether oxygens (including phenoxy) is 1. The van der Waals surface area contributed by atoms with Crippen molar-refractivity contribution in [2.45, 2.75) is 0 Å². The predicted octanol–water partition coefficient (Wildman–Crippen LogP) is 1.78. The van der Waals surface area contributed by atoms with Crippen LogP contribution in [0.25, 0.3) is 11.5 Å². The van der Waals surface area contributed by atoms with Crippen molar-refractivity contribution in [1.29, 1.82) is 0 Å². The predicted molar refractivity (Wildman–Crippen MR) is 51.9 cm³/mol. The lowest BCUT2D eigenvalue weighted by molar-refractivity contribution is -0.662. The van der Waals surface area contributed by atoms with Crippen LogP contribution in [-0.2, 0) is 7.05 Å². The smallest absolute Gasteiger partial charge is 0.383 e. The summed E-state index contributed by atoms with van der Waals surface area (Å²) >= 11 is 0. The van der Waals surface area contributed by atoms with Crippen LogP contribution in [0.4, 0.5) is 0 Å². The van der Waals surface area contributed by atoms with Crippen LogP contribution in [0.5, 0.6) is 5.95 Å². The number of aromatic nitrogens is 1. The molecule has 2 aromatic rings. The third kappa shape index (κ3) is 1.48. The highest BCUT2D eigenvalue weighted by Crippen LogP contribution is 2.20. The van der Waals surface area contributed by atoms with E-state index in [-0.39, 0.29) is 0 Å². The maximum atomic E-state index is 5.49. The molecule has 3 nitrogen and oxygen atoms in total. The molecule has 1 aromatic carbocycles. The van der Waals surface area contributed by atoms with Crippen LogP contribution in [0.1, 0.15) is 0 Å². The summed E-state index contributed by atoms with van der Waals surface area (Å²) in [6, 6.07) is 9.93. The minimum atomic E-state index is 0.520. The summed E-state index contributed by atoms with van der Waals surface area (Å²) in [7, 11) is 3.52. The van der Waals surface area contributed by atoms with Crippen LogP contribution < -0.4 is 9.30 Å². The fourth-order valence-corrected chi connectivity index (χ4v) is 1.35. The Kier molecular flexibility index (Phi) is 2.23. The van der Waals surface area contributed by atoms with E-state index in [1.165, 1.54) is 0 Å². The largest absolute Gasteiger partial charge is 0.464 e. The monoisotopic (exact) mass is 190 g/mol. The molecule has 0 aliphatic heterocycles. The second-order valence-electron chi connectivity index (χ2n) is 3.04. The maximum absolute atomic E-state index is 5.49. The number of nitrogens with zero attached hydrogens (tertiary/aromatic N) is 1. The van der Waals surface area contributed by atoms with Gasteiger partial charge in [0.2, 0.25) is 0 Å². The minimum Gasteiger partial charge on any atom is -0.464 e. The van der Waals surface area contributed by atoms with E-state index in [4.69, 9.17) is 9.15 Å². The molecule has 0 aliphatic rings. The standard InChI is InChI=1S/C11H12NO2/c1-12-8-10(13-2)14-11(12)9-6-4-3-5-7-9/h3-8H,1-2H3/q+1. The van der Waals surface area contributed by atoms with Crippen molar-refractivity contribution in [3.8, 4) is 17.4 Å². The molecule has 0 unspecified atom stereocenters. The third-order valence-corrected chi connectivity index (χ3v) is 2.04. The topological polar surface area (TPSA) is 26.2 Å². The van der Waals surface area contributed by atoms with E-state index >= 15 is 0 Å². The lowest BCUT2D eigenvalue weighted by Crippen LogP contribution is -2.26. The van der Waals surface area contributed by atoms with Crippen LogP contribution in [0.3, 0.4) is 0 Å². The quantitative estimate of drug-likeness (QED) is 0.675. The van der Waals surface area contributed by atoms with Gasteiger partial charge in [-0.05, 0) is 12.1 Å². The molecule has 72 valence electrons. The van der Waals surface area contributed by atoms with Gasteiger partial charge >= 0.3 is 11.8 Å². The Hall–Kier alpha value is -1.77. The van der Waals surface area contributed by atoms with Gasteiger partial charge in [0.05, 0.1) is 12.7 Å². The van der Waals surface area contributed by atoms with E-state index in [1.54, 1.807) is 7.11 Å². The molecule has 1 aromatic heterocycles. The van der Waals surface area contributed by atoms with Crippen molar-refractivity contribution < 1.29 is 13.7 Å². The molecular formula is C11H12NO2+. The van der Waals surface area contributed by atoms with Crippen LogP contribution in [-0.4, -0.2) is 7.11 Å². The molecule has 3 heteroatoms. The van der Waals surface area contributed by atoms with E-state index in [9.17, 15) is 0 Å². The Morgan fingerprint density at radius 3 is 2.50 bits per heavy atom. The molecular weight excluding hydrogens is 178 g/mol. The Morgan fingerprint density at radius 2 is 1.93 bits per heavy atom. The molecule has 0 amide bonds. The Morgan fingerprint density at radius 1 is 1.21 bits per heavy atom. The molecule has 2 rings (SSSR count). The van der Waals surface area contributed by atoms with E-state index in [0.717, 1.165) is 11.5 Å². The number of hydrogen-bond acceptors (Lipinski definition) is 2. The molecule has 0 saturated carbocycles. The number of oxazole rings is 1. The first-order chi connectivity index (χ1) is 6.81. The van der Waals surface area contributed by atoms with Crippen LogP contribution in [0.2, 0.25) is 0 Å². The number of rotatable bonds is 2. The van der Waals surface area contributed by atoms with E-state index in [1.807, 2.05) is 48.1 Å². The molecule has 0 spiro atoms. The van der Waals surface area contributed by atoms with Gasteiger partial charge in [-0.2, -0.15) is 4.57 Å². The second-order valence-corrected chi connectivity index (χ2v) is 3.04. The van der Waals surface area contributed by atoms with Crippen molar-refractivity contribution in [2.75, 3.05) is 7.11 Å². The molecule has 14 heavy (non-hydrogen) atoms. The van der Waals surface area contributed by atoms with Crippen molar-refractivity contribution in [2.24, 2.45) is 7.05 Å². The first-order valence-corrected chi connectivity index (χ1v) is 4.40. The van der Waals surface area contributed by atoms with Gasteiger partial charge in [-0.15, -0.1) is 0 Å². The molecule has 0 N–H and O–H groups in total. The number of hydrogen-bond donors (Lipinski definition) is 0. The third-order valence-electron chi connectivity index (χ3n) is 2.04. The summed E-state index contributed by atoms with van der Waals surface area (Å²) in [5.41, 5.74) is 1.04. The van der Waals surface area contributed by atoms with Gasteiger partial charge in [0, 0.05) is 0 Å². The lowest BCUT2D eigenvalue weighted by atomic mass is 10.2. The number of aryl methyl sites for hydroxylation is 1. The first-order valence-electron chi connectivity index (χ1n) is 4.40. The van der Waals surface area contributed by atoms with Crippen LogP contribution >= 0.6 is 0 Å². The number of benzene rings is 1. The normalized spacial score (nSPS) is 10.1. The summed E-state index contributed by atoms with van der Waals surface area (Å²) in [5, 5.41) is 0. The fraction of sp³-hybridized carbons (Fsp3) is 0.182. The van der Waals surface area contributed by atoms with Gasteiger partial charge in [0.25, 0.3) is 6.20 Å². The molecule has 1 heterocycles. The molecule has 0 bridgehead atoms. The second kappa shape index (κ2) is 3.54. The Bertz CT molecular complexity index is 420. The summed E-state index contributed by atoms with van der Waals surface area (Å²) in [6.45, 7) is 0. The minimum absolute atomic E-state index is 0.520. The molecule has 0 aliphatic carbocycles. The average molecular weight is 190 g/mol. The SMILES string of the molecule is COc1c[n+](C)c(-c2ccccc2)o1. The molecule has 0 radical (unpaired) electrons. The molecule has 0 atom stereocenters. The van der Waals surface area contributed by atoms with Crippen molar-refractivity contribution in [3.63, 3.8) is 0 Å². The van der Waals surface area contributed by atoms with Crippen molar-refractivity contribution in [3.05, 3.63) is 36.5 Å². The van der Waals surface area contributed by atoms with Gasteiger partial charge in [0.15, 0.2) is 0 Å². The highest BCUT2D eigenvalue weighted by atomic mass is 16.6. The highest BCUT2D eigenvalue weighted by Gasteiger charge is 2.17. The average Bonchev–Trinajstić information content (AvgIpc) is 2.61. The van der Waals surface area contributed by atoms with Gasteiger partial charge in [0.1, 0.15) is 7.05 Å². The zero-order chi connectivity index (χ0) is 9.97. The van der Waals surface area contributed by atoms with E-state index in [0.29, 0.717) is 5.95 Å². The van der Waals surface area contributed by atoms with Crippen LogP contribution in [0.15, 0.2) is 40.9 Å².